The highest BCUT2D eigenvalue weighted by atomic mass is 16.7. The van der Waals surface area contributed by atoms with Crippen molar-refractivity contribution in [1.29, 1.82) is 0 Å². The lowest BCUT2D eigenvalue weighted by Crippen LogP contribution is -2.67. The smallest absolute Gasteiger partial charge is 0.217 e. The van der Waals surface area contributed by atoms with Crippen LogP contribution in [0.2, 0.25) is 0 Å². The molecule has 9 heteroatoms. The van der Waals surface area contributed by atoms with E-state index in [-0.39, 0.29) is 25.2 Å². The molecule has 2 fully saturated rings. The van der Waals surface area contributed by atoms with E-state index in [2.05, 4.69) is 5.32 Å². The molecule has 0 radical (unpaired) electrons. The van der Waals surface area contributed by atoms with Gasteiger partial charge in [-0.05, 0) is 0 Å². The fraction of sp³-hybridized carbons (Fsp3) is 0.923. The molecule has 2 heterocycles. The zero-order valence-corrected chi connectivity index (χ0v) is 12.5. The van der Waals surface area contributed by atoms with E-state index in [0.717, 1.165) is 0 Å². The first-order valence-corrected chi connectivity index (χ1v) is 7.31. The highest BCUT2D eigenvalue weighted by Gasteiger charge is 2.44. The lowest BCUT2D eigenvalue weighted by Gasteiger charge is -2.43. The topological polar surface area (TPSA) is 132 Å². The average Bonchev–Trinajstić information content (AvgIpc) is 2.52. The number of amides is 1. The Morgan fingerprint density at radius 2 is 2.23 bits per heavy atom. The van der Waals surface area contributed by atoms with Crippen LogP contribution in [0.1, 0.15) is 6.92 Å². The van der Waals surface area contributed by atoms with E-state index in [1.54, 1.807) is 0 Å². The molecule has 2 rings (SSSR count). The van der Waals surface area contributed by atoms with Gasteiger partial charge in [-0.25, -0.2) is 0 Å². The van der Waals surface area contributed by atoms with Gasteiger partial charge in [-0.3, -0.25) is 4.79 Å². The third-order valence-corrected chi connectivity index (χ3v) is 3.67. The third-order valence-electron chi connectivity index (χ3n) is 3.67. The lowest BCUT2D eigenvalue weighted by atomic mass is 9.95. The maximum Gasteiger partial charge on any atom is 0.217 e. The molecule has 2 saturated heterocycles. The van der Waals surface area contributed by atoms with Gasteiger partial charge in [0.15, 0.2) is 6.29 Å². The van der Waals surface area contributed by atoms with Gasteiger partial charge < -0.3 is 40.2 Å². The van der Waals surface area contributed by atoms with Gasteiger partial charge in [0.1, 0.15) is 18.2 Å². The van der Waals surface area contributed by atoms with Gasteiger partial charge >= 0.3 is 0 Å². The molecule has 5 N–H and O–H groups in total. The van der Waals surface area contributed by atoms with Crippen LogP contribution in [0.5, 0.6) is 0 Å². The maximum absolute atomic E-state index is 11.3. The monoisotopic (exact) mass is 320 g/mol. The molecule has 0 aromatic carbocycles. The van der Waals surface area contributed by atoms with Crippen LogP contribution in [0.3, 0.4) is 0 Å². The molecular weight excluding hydrogens is 296 g/mol. The van der Waals surface area contributed by atoms with E-state index < -0.39 is 30.6 Å². The number of hydrogen-bond acceptors (Lipinski definition) is 8. The minimum atomic E-state index is -1.09. The van der Waals surface area contributed by atoms with E-state index in [1.165, 1.54) is 6.92 Å². The van der Waals surface area contributed by atoms with E-state index in [9.17, 15) is 15.0 Å². The Labute approximate surface area is 128 Å². The van der Waals surface area contributed by atoms with Gasteiger partial charge in [-0.15, -0.1) is 0 Å². The molecule has 22 heavy (non-hydrogen) atoms. The molecule has 2 aliphatic rings. The van der Waals surface area contributed by atoms with Crippen LogP contribution in [0.4, 0.5) is 0 Å². The number of carbonyl (C=O) groups excluding carboxylic acids is 1. The van der Waals surface area contributed by atoms with Crippen molar-refractivity contribution in [2.75, 3.05) is 33.0 Å². The Kier molecular flexibility index (Phi) is 6.50. The Morgan fingerprint density at radius 3 is 2.82 bits per heavy atom. The summed E-state index contributed by atoms with van der Waals surface area (Å²) in [6, 6.07) is -1.64. The second-order valence-corrected chi connectivity index (χ2v) is 5.42. The molecule has 1 amide bonds. The van der Waals surface area contributed by atoms with Crippen molar-refractivity contribution < 1.29 is 34.0 Å². The van der Waals surface area contributed by atoms with Crippen molar-refractivity contribution in [3.63, 3.8) is 0 Å². The first-order valence-electron chi connectivity index (χ1n) is 7.31. The molecular formula is C13H24N2O7. The molecule has 9 nitrogen and oxygen atoms in total. The van der Waals surface area contributed by atoms with Crippen molar-refractivity contribution in [1.82, 2.24) is 5.32 Å². The number of carbonyl (C=O) groups is 1. The summed E-state index contributed by atoms with van der Waals surface area (Å²) in [7, 11) is 0. The summed E-state index contributed by atoms with van der Waals surface area (Å²) in [6.07, 6.45) is -3.03. The molecule has 0 unspecified atom stereocenters. The fourth-order valence-electron chi connectivity index (χ4n) is 2.50. The van der Waals surface area contributed by atoms with Crippen LogP contribution in [0, 0.1) is 0 Å². The molecule has 128 valence electrons. The molecule has 0 aromatic heterocycles. The van der Waals surface area contributed by atoms with Crippen molar-refractivity contribution >= 4 is 5.91 Å². The largest absolute Gasteiger partial charge is 0.394 e. The van der Waals surface area contributed by atoms with Gasteiger partial charge in [-0.1, -0.05) is 0 Å². The van der Waals surface area contributed by atoms with E-state index in [1.807, 2.05) is 0 Å². The van der Waals surface area contributed by atoms with Crippen LogP contribution in [-0.2, 0) is 23.7 Å². The van der Waals surface area contributed by atoms with Crippen LogP contribution in [0.25, 0.3) is 0 Å². The summed E-state index contributed by atoms with van der Waals surface area (Å²) >= 11 is 0. The Hall–Kier alpha value is -0.810. The zero-order valence-electron chi connectivity index (χ0n) is 12.5. The van der Waals surface area contributed by atoms with Crippen molar-refractivity contribution in [2.45, 2.75) is 43.6 Å². The number of aliphatic hydroxyl groups excluding tert-OH is 2. The number of hydrogen-bond donors (Lipinski definition) is 4. The summed E-state index contributed by atoms with van der Waals surface area (Å²) in [4.78, 5) is 11.3. The van der Waals surface area contributed by atoms with Crippen LogP contribution in [-0.4, -0.2) is 85.8 Å². The van der Waals surface area contributed by atoms with E-state index >= 15 is 0 Å². The summed E-state index contributed by atoms with van der Waals surface area (Å²) < 4.78 is 21.9. The Balaban J connectivity index is 1.97. The molecule has 0 aliphatic carbocycles. The highest BCUT2D eigenvalue weighted by molar-refractivity contribution is 5.73. The molecule has 0 saturated carbocycles. The van der Waals surface area contributed by atoms with Gasteiger partial charge in [-0.2, -0.15) is 0 Å². The number of rotatable bonds is 5. The predicted molar refractivity (Wildman–Crippen MR) is 73.8 cm³/mol. The predicted octanol–water partition coefficient (Wildman–Crippen LogP) is -2.67. The van der Waals surface area contributed by atoms with Crippen LogP contribution in [0.15, 0.2) is 0 Å². The van der Waals surface area contributed by atoms with Crippen molar-refractivity contribution in [3.8, 4) is 0 Å². The minimum absolute atomic E-state index is 0.181. The van der Waals surface area contributed by atoms with Gasteiger partial charge in [0.2, 0.25) is 5.91 Å². The zero-order chi connectivity index (χ0) is 16.1. The van der Waals surface area contributed by atoms with Gasteiger partial charge in [0, 0.05) is 6.92 Å². The maximum atomic E-state index is 11.3. The average molecular weight is 320 g/mol. The number of nitrogens with one attached hydrogen (secondary N) is 1. The minimum Gasteiger partial charge on any atom is -0.394 e. The van der Waals surface area contributed by atoms with E-state index in [0.29, 0.717) is 19.8 Å². The van der Waals surface area contributed by atoms with Crippen LogP contribution >= 0.6 is 0 Å². The lowest BCUT2D eigenvalue weighted by molar-refractivity contribution is -0.255. The van der Waals surface area contributed by atoms with Crippen molar-refractivity contribution in [2.24, 2.45) is 5.73 Å². The molecule has 2 aliphatic heterocycles. The summed E-state index contributed by atoms with van der Waals surface area (Å²) in [5.41, 5.74) is 5.81. The first-order chi connectivity index (χ1) is 10.5. The summed E-state index contributed by atoms with van der Waals surface area (Å²) in [5, 5.41) is 22.1. The number of ether oxygens (including phenoxy) is 4. The van der Waals surface area contributed by atoms with Crippen LogP contribution < -0.4 is 11.1 Å². The second kappa shape index (κ2) is 8.16. The second-order valence-electron chi connectivity index (χ2n) is 5.42. The SMILES string of the molecule is CC(=O)N[C@H]1[C@H](OC[C@@H]2COCCO2)O[C@H](CO)[C@@H](N)[C@@H]1O. The Bertz CT molecular complexity index is 364. The standard InChI is InChI=1S/C13H24N2O7/c1-7(17)15-11-12(18)10(14)9(4-16)22-13(11)21-6-8-5-19-2-3-20-8/h8-13,16,18H,2-6,14H2,1H3,(H,15,17)/t8-,9+,10+,11+,12-,13+/m0/s1. The summed E-state index contributed by atoms with van der Waals surface area (Å²) in [5.74, 6) is -0.340. The number of nitrogens with two attached hydrogens (primary N) is 1. The quantitative estimate of drug-likeness (QED) is 0.431. The Morgan fingerprint density at radius 1 is 1.45 bits per heavy atom. The highest BCUT2D eigenvalue weighted by Crippen LogP contribution is 2.21. The molecule has 0 spiro atoms. The fourth-order valence-corrected chi connectivity index (χ4v) is 2.50. The number of aliphatic hydroxyl groups is 2. The van der Waals surface area contributed by atoms with Gasteiger partial charge in [0.25, 0.3) is 0 Å². The van der Waals surface area contributed by atoms with Gasteiger partial charge in [0.05, 0.1) is 45.2 Å². The third kappa shape index (κ3) is 4.35. The van der Waals surface area contributed by atoms with E-state index in [4.69, 9.17) is 24.7 Å². The summed E-state index contributed by atoms with van der Waals surface area (Å²) in [6.45, 7) is 2.59. The van der Waals surface area contributed by atoms with Crippen molar-refractivity contribution in [3.05, 3.63) is 0 Å². The normalized spacial score (nSPS) is 39.5. The molecule has 6 atom stereocenters. The molecule has 0 bridgehead atoms. The molecule has 0 aromatic rings. The first kappa shape index (κ1) is 17.5.